The second-order valence-electron chi connectivity index (χ2n) is 12.3. The average molecular weight is 586 g/mol. The molecule has 0 aromatic heterocycles. The molecule has 10 rings (SSSR count). The Hall–Kier alpha value is -5.80. The lowest BCUT2D eigenvalue weighted by molar-refractivity contribution is 0.411. The van der Waals surface area contributed by atoms with E-state index >= 15 is 0 Å². The monoisotopic (exact) mass is 586 g/mol. The molecule has 0 aliphatic carbocycles. The first kappa shape index (κ1) is 25.5. The van der Waals surface area contributed by atoms with E-state index in [1.165, 1.54) is 60.9 Å². The highest BCUT2D eigenvalue weighted by atomic mass is 16.5. The standard InChI is InChI=1S/C43H27BO2/c1-4-13-27(14-5-1)30-25-31(28-15-6-2-7-16-28)43(32(26-30)29-17-8-3-9-18-29)44-33-19-10-21-35-39(33)42-40-34(44)20-11-22-36(40)46-38-24-12-23-37(45-35)41(38)42/h1-26,42H. The minimum absolute atomic E-state index is 0.0459. The maximum absolute atomic E-state index is 6.66. The van der Waals surface area contributed by atoms with Crippen molar-refractivity contribution < 1.29 is 9.47 Å². The topological polar surface area (TPSA) is 18.5 Å². The fourth-order valence-corrected chi connectivity index (χ4v) is 8.03. The second kappa shape index (κ2) is 9.85. The predicted molar refractivity (Wildman–Crippen MR) is 188 cm³/mol. The van der Waals surface area contributed by atoms with E-state index in [0.717, 1.165) is 28.6 Å². The molecule has 0 spiro atoms. The Morgan fingerprint density at radius 3 is 1.26 bits per heavy atom. The number of hydrogen-bond acceptors (Lipinski definition) is 2. The van der Waals surface area contributed by atoms with Crippen molar-refractivity contribution in [1.82, 2.24) is 0 Å². The van der Waals surface area contributed by atoms with Gasteiger partial charge in [0, 0.05) is 22.6 Å². The molecule has 3 aliphatic rings. The zero-order chi connectivity index (χ0) is 30.2. The van der Waals surface area contributed by atoms with Crippen LogP contribution in [0.1, 0.15) is 22.6 Å². The van der Waals surface area contributed by atoms with Crippen LogP contribution in [0, 0.1) is 0 Å². The van der Waals surface area contributed by atoms with Crippen LogP contribution >= 0.6 is 0 Å². The molecular weight excluding hydrogens is 559 g/mol. The number of ether oxygens (including phenoxy) is 2. The molecule has 0 atom stereocenters. The Morgan fingerprint density at radius 2 is 0.783 bits per heavy atom. The maximum Gasteiger partial charge on any atom is 0.243 e. The third-order valence-corrected chi connectivity index (χ3v) is 9.90. The SMILES string of the molecule is c1ccc(-c2cc(-c3ccccc3)c(B3c4cccc5c4C4c6c(cccc6Oc6cccc3c64)O5)c(-c3ccccc3)c2)cc1. The molecule has 46 heavy (non-hydrogen) atoms. The van der Waals surface area contributed by atoms with Gasteiger partial charge in [-0.3, -0.25) is 0 Å². The first-order valence-electron chi connectivity index (χ1n) is 15.9. The molecule has 0 unspecified atom stereocenters. The summed E-state index contributed by atoms with van der Waals surface area (Å²) in [6.07, 6.45) is 0. The van der Waals surface area contributed by atoms with Crippen molar-refractivity contribution in [3.05, 3.63) is 174 Å². The Bertz CT molecular complexity index is 2180. The Labute approximate surface area is 268 Å². The van der Waals surface area contributed by atoms with Gasteiger partial charge in [-0.1, -0.05) is 138 Å². The van der Waals surface area contributed by atoms with Gasteiger partial charge in [-0.15, -0.1) is 0 Å². The van der Waals surface area contributed by atoms with Gasteiger partial charge in [-0.05, 0) is 69.8 Å². The molecule has 0 radical (unpaired) electrons. The van der Waals surface area contributed by atoms with Gasteiger partial charge in [0.2, 0.25) is 6.71 Å². The van der Waals surface area contributed by atoms with Gasteiger partial charge in [-0.2, -0.15) is 0 Å². The van der Waals surface area contributed by atoms with E-state index in [1.54, 1.807) is 0 Å². The van der Waals surface area contributed by atoms with E-state index in [9.17, 15) is 0 Å². The summed E-state index contributed by atoms with van der Waals surface area (Å²) >= 11 is 0. The summed E-state index contributed by atoms with van der Waals surface area (Å²) in [6.45, 7) is -0.0459. The second-order valence-corrected chi connectivity index (χ2v) is 12.3. The normalized spacial score (nSPS) is 13.4. The van der Waals surface area contributed by atoms with Crippen LogP contribution in [-0.2, 0) is 0 Å². The number of hydrogen-bond donors (Lipinski definition) is 0. The van der Waals surface area contributed by atoms with Crippen molar-refractivity contribution in [1.29, 1.82) is 0 Å². The van der Waals surface area contributed by atoms with Crippen molar-refractivity contribution >= 4 is 23.1 Å². The highest BCUT2D eigenvalue weighted by Crippen LogP contribution is 2.56. The summed E-state index contributed by atoms with van der Waals surface area (Å²) in [5.41, 5.74) is 14.8. The van der Waals surface area contributed by atoms with Gasteiger partial charge in [0.05, 0.1) is 0 Å². The highest BCUT2D eigenvalue weighted by molar-refractivity contribution is 6.98. The molecule has 7 aromatic carbocycles. The fourth-order valence-electron chi connectivity index (χ4n) is 8.03. The van der Waals surface area contributed by atoms with Gasteiger partial charge < -0.3 is 9.47 Å². The molecule has 3 heterocycles. The lowest BCUT2D eigenvalue weighted by Crippen LogP contribution is -2.59. The van der Waals surface area contributed by atoms with Crippen LogP contribution in [0.3, 0.4) is 0 Å². The molecule has 0 saturated heterocycles. The van der Waals surface area contributed by atoms with Crippen LogP contribution in [-0.4, -0.2) is 6.71 Å². The minimum atomic E-state index is -0.0459. The summed E-state index contributed by atoms with van der Waals surface area (Å²) in [4.78, 5) is 0. The quantitative estimate of drug-likeness (QED) is 0.192. The van der Waals surface area contributed by atoms with Crippen LogP contribution in [0.5, 0.6) is 23.0 Å². The first-order chi connectivity index (χ1) is 22.8. The van der Waals surface area contributed by atoms with Crippen LogP contribution in [0.4, 0.5) is 0 Å². The zero-order valence-electron chi connectivity index (χ0n) is 25.0. The van der Waals surface area contributed by atoms with Gasteiger partial charge >= 0.3 is 0 Å². The van der Waals surface area contributed by atoms with Crippen LogP contribution in [0.2, 0.25) is 0 Å². The van der Waals surface area contributed by atoms with Crippen LogP contribution in [0.25, 0.3) is 33.4 Å². The summed E-state index contributed by atoms with van der Waals surface area (Å²) < 4.78 is 13.3. The van der Waals surface area contributed by atoms with E-state index < -0.39 is 0 Å². The van der Waals surface area contributed by atoms with E-state index in [4.69, 9.17) is 9.47 Å². The molecule has 0 bridgehead atoms. The molecule has 3 aliphatic heterocycles. The van der Waals surface area contributed by atoms with Crippen molar-refractivity contribution in [2.45, 2.75) is 5.92 Å². The van der Waals surface area contributed by atoms with E-state index in [1.807, 2.05) is 6.07 Å². The summed E-state index contributed by atoms with van der Waals surface area (Å²) in [5, 5.41) is 0. The van der Waals surface area contributed by atoms with E-state index in [0.29, 0.717) is 0 Å². The van der Waals surface area contributed by atoms with Crippen molar-refractivity contribution in [3.63, 3.8) is 0 Å². The van der Waals surface area contributed by atoms with Crippen molar-refractivity contribution in [3.8, 4) is 56.4 Å². The maximum atomic E-state index is 6.66. The highest BCUT2D eigenvalue weighted by Gasteiger charge is 2.47. The average Bonchev–Trinajstić information content (AvgIpc) is 3.12. The lowest BCUT2D eigenvalue weighted by atomic mass is 9.31. The summed E-state index contributed by atoms with van der Waals surface area (Å²) in [5.74, 6) is 3.69. The Balaban J connectivity index is 1.34. The third-order valence-electron chi connectivity index (χ3n) is 9.90. The molecule has 3 heteroatoms. The summed E-state index contributed by atoms with van der Waals surface area (Å²) in [7, 11) is 0. The predicted octanol–water partition coefficient (Wildman–Crippen LogP) is 8.91. The van der Waals surface area contributed by atoms with E-state index in [-0.39, 0.29) is 12.6 Å². The first-order valence-corrected chi connectivity index (χ1v) is 15.9. The van der Waals surface area contributed by atoms with Gasteiger partial charge in [0.1, 0.15) is 23.0 Å². The Kier molecular flexibility index (Phi) is 5.47. The molecule has 0 fully saturated rings. The molecule has 0 amide bonds. The molecule has 0 saturated carbocycles. The minimum Gasteiger partial charge on any atom is -0.457 e. The van der Waals surface area contributed by atoms with Crippen molar-refractivity contribution in [2.24, 2.45) is 0 Å². The van der Waals surface area contributed by atoms with Gasteiger partial charge in [0.25, 0.3) is 0 Å². The molecule has 2 nitrogen and oxygen atoms in total. The lowest BCUT2D eigenvalue weighted by Gasteiger charge is -2.42. The molecular formula is C43H27BO2. The zero-order valence-corrected chi connectivity index (χ0v) is 25.0. The van der Waals surface area contributed by atoms with Crippen LogP contribution < -0.4 is 25.9 Å². The van der Waals surface area contributed by atoms with Crippen LogP contribution in [0.15, 0.2) is 158 Å². The number of rotatable bonds is 4. The molecule has 0 N–H and O–H groups in total. The molecule has 214 valence electrons. The van der Waals surface area contributed by atoms with Gasteiger partial charge in [-0.25, -0.2) is 0 Å². The van der Waals surface area contributed by atoms with Crippen molar-refractivity contribution in [2.75, 3.05) is 0 Å². The Morgan fingerprint density at radius 1 is 0.370 bits per heavy atom. The van der Waals surface area contributed by atoms with E-state index in [2.05, 4.69) is 152 Å². The fraction of sp³-hybridized carbons (Fsp3) is 0.0233. The summed E-state index contributed by atoms with van der Waals surface area (Å²) in [6, 6.07) is 56.6. The molecule has 7 aromatic rings. The van der Waals surface area contributed by atoms with Gasteiger partial charge in [0.15, 0.2) is 0 Å². The number of benzene rings is 7. The third kappa shape index (κ3) is 3.66. The smallest absolute Gasteiger partial charge is 0.243 e. The largest absolute Gasteiger partial charge is 0.457 e.